The van der Waals surface area contributed by atoms with Gasteiger partial charge in [-0.25, -0.2) is 4.79 Å². The molecule has 138 valence electrons. The van der Waals surface area contributed by atoms with Gasteiger partial charge in [0.15, 0.2) is 0 Å². The number of H-pyrrole nitrogens is 2. The summed E-state index contributed by atoms with van der Waals surface area (Å²) in [6.45, 7) is 0. The zero-order valence-corrected chi connectivity index (χ0v) is 14.6. The van der Waals surface area contributed by atoms with Crippen LogP contribution in [0.5, 0.6) is 0 Å². The smallest absolute Gasteiger partial charge is 0.543 e. The summed E-state index contributed by atoms with van der Waals surface area (Å²) in [7, 11) is 0. The minimum absolute atomic E-state index is 0. The monoisotopic (exact) mass is 527 g/mol. The maximum absolute atomic E-state index is 12.0. The zero-order valence-electron chi connectivity index (χ0n) is 12.4. The first-order valence-electron chi connectivity index (χ1n) is 6.56. The SMILES string of the molecule is N[C@@H]1CCCC[C@H]1N.O=C([O-])C(=O)[O-].O=c1[nH]cc(F)c(=O)[nH]1.[Pt+2]. The number of aliphatic carboxylic acids is 2. The van der Waals surface area contributed by atoms with E-state index in [1.165, 1.54) is 12.8 Å². The van der Waals surface area contributed by atoms with Gasteiger partial charge in [0, 0.05) is 18.3 Å². The Kier molecular flexibility index (Phi) is 12.8. The minimum Gasteiger partial charge on any atom is -0.543 e. The van der Waals surface area contributed by atoms with Crippen LogP contribution in [0.2, 0.25) is 0 Å². The third kappa shape index (κ3) is 10.8. The van der Waals surface area contributed by atoms with Crippen molar-refractivity contribution in [3.05, 3.63) is 32.9 Å². The van der Waals surface area contributed by atoms with Crippen molar-refractivity contribution in [2.45, 2.75) is 37.8 Å². The molecule has 0 bridgehead atoms. The molecule has 1 fully saturated rings. The molecular formula is C12H17FN4O6Pt. The van der Waals surface area contributed by atoms with E-state index in [-0.39, 0.29) is 33.1 Å². The quantitative estimate of drug-likeness (QED) is 0.244. The van der Waals surface area contributed by atoms with Crippen molar-refractivity contribution in [1.82, 2.24) is 9.97 Å². The molecule has 1 aromatic heterocycles. The Bertz CT molecular complexity index is 612. The molecule has 2 rings (SSSR count). The Morgan fingerprint density at radius 3 is 1.75 bits per heavy atom. The van der Waals surface area contributed by atoms with Crippen LogP contribution >= 0.6 is 0 Å². The second-order valence-corrected chi connectivity index (χ2v) is 4.61. The molecule has 2 atom stereocenters. The van der Waals surface area contributed by atoms with Crippen LogP contribution in [0.1, 0.15) is 25.7 Å². The third-order valence-electron chi connectivity index (χ3n) is 2.82. The molecule has 1 aliphatic rings. The molecule has 0 unspecified atom stereocenters. The molecule has 0 aromatic carbocycles. The van der Waals surface area contributed by atoms with Crippen LogP contribution < -0.4 is 32.9 Å². The number of hydrogen-bond donors (Lipinski definition) is 4. The van der Waals surface area contributed by atoms with E-state index in [4.69, 9.17) is 31.3 Å². The van der Waals surface area contributed by atoms with Crippen LogP contribution in [0.4, 0.5) is 4.39 Å². The maximum atomic E-state index is 12.0. The van der Waals surface area contributed by atoms with Gasteiger partial charge in [0.1, 0.15) is 0 Å². The van der Waals surface area contributed by atoms with Gasteiger partial charge in [-0.15, -0.1) is 0 Å². The Morgan fingerprint density at radius 1 is 1.08 bits per heavy atom. The van der Waals surface area contributed by atoms with Crippen molar-refractivity contribution in [3.8, 4) is 0 Å². The topological polar surface area (TPSA) is 198 Å². The molecule has 1 aromatic rings. The van der Waals surface area contributed by atoms with Crippen molar-refractivity contribution in [2.75, 3.05) is 0 Å². The first-order valence-corrected chi connectivity index (χ1v) is 6.56. The van der Waals surface area contributed by atoms with Gasteiger partial charge in [-0.3, -0.25) is 9.78 Å². The molecule has 1 saturated carbocycles. The van der Waals surface area contributed by atoms with E-state index in [0.717, 1.165) is 12.8 Å². The predicted molar refractivity (Wildman–Crippen MR) is 72.1 cm³/mol. The summed E-state index contributed by atoms with van der Waals surface area (Å²) in [5.41, 5.74) is 9.60. The summed E-state index contributed by atoms with van der Waals surface area (Å²) in [5.74, 6) is -5.36. The van der Waals surface area contributed by atoms with Gasteiger partial charge in [0.2, 0.25) is 5.82 Å². The summed E-state index contributed by atoms with van der Waals surface area (Å²) in [5, 5.41) is 17.9. The molecule has 24 heavy (non-hydrogen) atoms. The van der Waals surface area contributed by atoms with Crippen LogP contribution in [-0.4, -0.2) is 34.0 Å². The second kappa shape index (κ2) is 12.6. The molecule has 1 aliphatic carbocycles. The van der Waals surface area contributed by atoms with Crippen LogP contribution in [-0.2, 0) is 30.7 Å². The van der Waals surface area contributed by atoms with Crippen LogP contribution in [0.3, 0.4) is 0 Å². The van der Waals surface area contributed by atoms with Crippen molar-refractivity contribution < 1.29 is 45.3 Å². The number of halogens is 1. The van der Waals surface area contributed by atoms with Gasteiger partial charge >= 0.3 is 26.8 Å². The van der Waals surface area contributed by atoms with Crippen molar-refractivity contribution in [1.29, 1.82) is 0 Å². The van der Waals surface area contributed by atoms with Crippen molar-refractivity contribution in [3.63, 3.8) is 0 Å². The van der Waals surface area contributed by atoms with E-state index in [2.05, 4.69) is 0 Å². The van der Waals surface area contributed by atoms with Crippen LogP contribution in [0.15, 0.2) is 15.8 Å². The Hall–Kier alpha value is -1.84. The largest absolute Gasteiger partial charge is 2.00 e. The van der Waals surface area contributed by atoms with Gasteiger partial charge in [-0.05, 0) is 12.8 Å². The van der Waals surface area contributed by atoms with Crippen molar-refractivity contribution >= 4 is 11.9 Å². The fourth-order valence-electron chi connectivity index (χ4n) is 1.58. The van der Waals surface area contributed by atoms with E-state index in [1.807, 2.05) is 4.98 Å². The normalized spacial score (nSPS) is 18.6. The number of carbonyl (C=O) groups excluding carboxylic acids is 2. The van der Waals surface area contributed by atoms with Gasteiger partial charge in [-0.2, -0.15) is 4.39 Å². The molecule has 0 amide bonds. The van der Waals surface area contributed by atoms with E-state index >= 15 is 0 Å². The van der Waals surface area contributed by atoms with E-state index < -0.39 is 29.0 Å². The van der Waals surface area contributed by atoms with Crippen LogP contribution in [0, 0.1) is 5.82 Å². The number of carboxylic acid groups (broad SMARTS) is 2. The average Bonchev–Trinajstić information content (AvgIpc) is 2.48. The van der Waals surface area contributed by atoms with E-state index in [1.54, 1.807) is 4.98 Å². The molecule has 10 nitrogen and oxygen atoms in total. The molecule has 0 radical (unpaired) electrons. The number of carbonyl (C=O) groups is 2. The summed E-state index contributed by atoms with van der Waals surface area (Å²) >= 11 is 0. The third-order valence-corrected chi connectivity index (χ3v) is 2.82. The number of aromatic nitrogens is 2. The summed E-state index contributed by atoms with van der Waals surface area (Å²) in [6.07, 6.45) is 5.51. The van der Waals surface area contributed by atoms with Gasteiger partial charge in [-0.1, -0.05) is 12.8 Å². The standard InChI is InChI=1S/C6H14N2.C4H3FN2O2.C2H2O4.Pt/c7-5-3-1-2-4-6(5)8;5-2-1-6-4(9)7-3(2)8;3-1(4)2(5)6;/h5-6H,1-4,7-8H2;1H,(H2,6,7,8,9);(H,3,4)(H,5,6);/q;;;+2/p-2/t5-,6-;;;/m1.../s1. The minimum atomic E-state index is -2.19. The molecule has 0 spiro atoms. The number of rotatable bonds is 0. The number of carboxylic acids is 2. The van der Waals surface area contributed by atoms with Gasteiger partial charge in [0.05, 0.1) is 11.9 Å². The Morgan fingerprint density at radius 2 is 1.50 bits per heavy atom. The molecular weight excluding hydrogens is 510 g/mol. The number of hydrogen-bond acceptors (Lipinski definition) is 8. The number of aromatic amines is 2. The number of nitrogens with two attached hydrogens (primary N) is 2. The summed E-state index contributed by atoms with van der Waals surface area (Å²) in [4.78, 5) is 41.9. The summed E-state index contributed by atoms with van der Waals surface area (Å²) in [6, 6.07) is 0.562. The molecule has 6 N–H and O–H groups in total. The molecule has 12 heteroatoms. The molecule has 0 saturated heterocycles. The zero-order chi connectivity index (χ0) is 18.0. The average molecular weight is 527 g/mol. The first-order chi connectivity index (χ1) is 10.6. The maximum Gasteiger partial charge on any atom is 2.00 e. The number of nitrogens with one attached hydrogen (secondary N) is 2. The fourth-order valence-corrected chi connectivity index (χ4v) is 1.58. The summed E-state index contributed by atoms with van der Waals surface area (Å²) < 4.78 is 12.0. The Balaban J connectivity index is 0. The first kappa shape index (κ1) is 24.4. The van der Waals surface area contributed by atoms with Gasteiger partial charge < -0.3 is 36.3 Å². The van der Waals surface area contributed by atoms with Crippen molar-refractivity contribution in [2.24, 2.45) is 11.5 Å². The predicted octanol–water partition coefficient (Wildman–Crippen LogP) is -4.10. The second-order valence-electron chi connectivity index (χ2n) is 4.61. The van der Waals surface area contributed by atoms with Gasteiger partial charge in [0.25, 0.3) is 5.56 Å². The van der Waals surface area contributed by atoms with Crippen LogP contribution in [0.25, 0.3) is 0 Å². The van der Waals surface area contributed by atoms with E-state index in [9.17, 15) is 14.0 Å². The Labute approximate surface area is 149 Å². The molecule has 1 heterocycles. The van der Waals surface area contributed by atoms with E-state index in [0.29, 0.717) is 6.20 Å². The molecule has 0 aliphatic heterocycles. The fraction of sp³-hybridized carbons (Fsp3) is 0.500.